The average molecular weight is 296 g/mol. The molecule has 1 aliphatic heterocycles. The van der Waals surface area contributed by atoms with Crippen LogP contribution in [0.2, 0.25) is 5.02 Å². The fourth-order valence-electron chi connectivity index (χ4n) is 2.83. The van der Waals surface area contributed by atoms with Crippen molar-refractivity contribution in [3.8, 4) is 0 Å². The third kappa shape index (κ3) is 2.88. The van der Waals surface area contributed by atoms with Crippen molar-refractivity contribution < 1.29 is 0 Å². The zero-order valence-electron chi connectivity index (χ0n) is 12.1. The van der Waals surface area contributed by atoms with Crippen molar-refractivity contribution >= 4 is 23.3 Å². The highest BCUT2D eigenvalue weighted by Crippen LogP contribution is 2.30. The van der Waals surface area contributed by atoms with E-state index in [0.717, 1.165) is 38.4 Å². The lowest BCUT2D eigenvalue weighted by atomic mass is 10.2. The minimum atomic E-state index is -0.0156. The van der Waals surface area contributed by atoms with Crippen molar-refractivity contribution in [3.63, 3.8) is 0 Å². The first kappa shape index (κ1) is 15.1. The van der Waals surface area contributed by atoms with Crippen LogP contribution < -0.4 is 10.6 Å². The number of pyridine rings is 1. The summed E-state index contributed by atoms with van der Waals surface area (Å²) in [6.45, 7) is 8.36. The van der Waals surface area contributed by atoms with Crippen LogP contribution in [-0.4, -0.2) is 47.9 Å². The third-order valence-electron chi connectivity index (χ3n) is 3.95. The standard InChI is InChI=1S/C14H22ClN5/c1-3-19(4-2)10-6-8-20(9-10)14-12(15)11(13(16)17)5-7-18-14/h5,7,10H,3-4,6,8-9H2,1-2H3,(H3,16,17). The lowest BCUT2D eigenvalue weighted by molar-refractivity contribution is 0.232. The molecule has 1 unspecified atom stereocenters. The minimum absolute atomic E-state index is 0.0156. The highest BCUT2D eigenvalue weighted by molar-refractivity contribution is 6.36. The van der Waals surface area contributed by atoms with Crippen molar-refractivity contribution in [2.75, 3.05) is 31.1 Å². The van der Waals surface area contributed by atoms with Gasteiger partial charge >= 0.3 is 0 Å². The van der Waals surface area contributed by atoms with Crippen LogP contribution in [0.25, 0.3) is 0 Å². The van der Waals surface area contributed by atoms with Crippen LogP contribution in [0, 0.1) is 5.41 Å². The van der Waals surface area contributed by atoms with E-state index in [1.807, 2.05) is 0 Å². The van der Waals surface area contributed by atoms with Crippen LogP contribution in [0.1, 0.15) is 25.8 Å². The van der Waals surface area contributed by atoms with Gasteiger partial charge in [0.1, 0.15) is 11.7 Å². The van der Waals surface area contributed by atoms with Gasteiger partial charge in [0.15, 0.2) is 0 Å². The van der Waals surface area contributed by atoms with E-state index in [9.17, 15) is 0 Å². The molecule has 2 heterocycles. The quantitative estimate of drug-likeness (QED) is 0.643. The summed E-state index contributed by atoms with van der Waals surface area (Å²) < 4.78 is 0. The zero-order valence-corrected chi connectivity index (χ0v) is 12.8. The number of amidine groups is 1. The molecule has 0 aliphatic carbocycles. The molecular formula is C14H22ClN5. The summed E-state index contributed by atoms with van der Waals surface area (Å²) in [6, 6.07) is 2.23. The molecular weight excluding hydrogens is 274 g/mol. The number of anilines is 1. The Kier molecular flexibility index (Phi) is 4.83. The number of nitrogens with zero attached hydrogens (tertiary/aromatic N) is 3. The smallest absolute Gasteiger partial charge is 0.148 e. The molecule has 110 valence electrons. The number of aromatic nitrogens is 1. The van der Waals surface area contributed by atoms with Crippen molar-refractivity contribution in [3.05, 3.63) is 22.8 Å². The Morgan fingerprint density at radius 2 is 2.25 bits per heavy atom. The van der Waals surface area contributed by atoms with Crippen LogP contribution in [0.15, 0.2) is 12.3 Å². The van der Waals surface area contributed by atoms with Gasteiger partial charge in [-0.1, -0.05) is 25.4 Å². The Labute approximate surface area is 125 Å². The first-order valence-corrected chi connectivity index (χ1v) is 7.44. The SMILES string of the molecule is CCN(CC)C1CCN(c2nccc(C(=N)N)c2Cl)C1. The maximum atomic E-state index is 7.55. The molecule has 1 aliphatic rings. The van der Waals surface area contributed by atoms with Gasteiger partial charge in [0.25, 0.3) is 0 Å². The number of nitrogens with one attached hydrogen (secondary N) is 1. The molecule has 6 heteroatoms. The molecule has 0 radical (unpaired) electrons. The predicted octanol–water partition coefficient (Wildman–Crippen LogP) is 1.94. The first-order valence-electron chi connectivity index (χ1n) is 7.06. The molecule has 0 aromatic carbocycles. The molecule has 0 spiro atoms. The number of nitrogen functional groups attached to an aromatic ring is 1. The zero-order chi connectivity index (χ0) is 14.7. The summed E-state index contributed by atoms with van der Waals surface area (Å²) in [7, 11) is 0. The number of hydrogen-bond acceptors (Lipinski definition) is 4. The van der Waals surface area contributed by atoms with E-state index in [2.05, 4.69) is 28.6 Å². The molecule has 20 heavy (non-hydrogen) atoms. The fraction of sp³-hybridized carbons (Fsp3) is 0.571. The Bertz CT molecular complexity index is 486. The summed E-state index contributed by atoms with van der Waals surface area (Å²) in [6.07, 6.45) is 2.78. The van der Waals surface area contributed by atoms with Crippen molar-refractivity contribution in [1.29, 1.82) is 5.41 Å². The van der Waals surface area contributed by atoms with Gasteiger partial charge in [-0.2, -0.15) is 0 Å². The van der Waals surface area contributed by atoms with Gasteiger partial charge in [-0.3, -0.25) is 10.3 Å². The van der Waals surface area contributed by atoms with E-state index in [0.29, 0.717) is 16.6 Å². The molecule has 0 bridgehead atoms. The molecule has 1 saturated heterocycles. The second-order valence-electron chi connectivity index (χ2n) is 5.02. The number of rotatable bonds is 5. The number of likely N-dealkylation sites (N-methyl/N-ethyl adjacent to an activating group) is 1. The minimum Gasteiger partial charge on any atom is -0.384 e. The highest BCUT2D eigenvalue weighted by Gasteiger charge is 2.28. The van der Waals surface area contributed by atoms with E-state index in [1.54, 1.807) is 12.3 Å². The molecule has 1 aromatic heterocycles. The van der Waals surface area contributed by atoms with Gasteiger partial charge in [0.2, 0.25) is 0 Å². The lowest BCUT2D eigenvalue weighted by Crippen LogP contribution is -2.37. The van der Waals surface area contributed by atoms with E-state index in [-0.39, 0.29) is 5.84 Å². The van der Waals surface area contributed by atoms with E-state index in [4.69, 9.17) is 22.7 Å². The third-order valence-corrected chi connectivity index (χ3v) is 4.33. The molecule has 3 N–H and O–H groups in total. The maximum absolute atomic E-state index is 7.55. The summed E-state index contributed by atoms with van der Waals surface area (Å²) in [5.74, 6) is 0.729. The van der Waals surface area contributed by atoms with Crippen molar-refractivity contribution in [2.45, 2.75) is 26.3 Å². The van der Waals surface area contributed by atoms with Crippen LogP contribution in [0.5, 0.6) is 0 Å². The van der Waals surface area contributed by atoms with Gasteiger partial charge in [-0.25, -0.2) is 4.98 Å². The van der Waals surface area contributed by atoms with Crippen LogP contribution in [0.4, 0.5) is 5.82 Å². The average Bonchev–Trinajstić information content (AvgIpc) is 2.89. The summed E-state index contributed by atoms with van der Waals surface area (Å²) in [4.78, 5) is 9.03. The monoisotopic (exact) mass is 295 g/mol. The van der Waals surface area contributed by atoms with Crippen LogP contribution >= 0.6 is 11.6 Å². The van der Waals surface area contributed by atoms with Crippen LogP contribution in [-0.2, 0) is 0 Å². The Hall–Kier alpha value is -1.33. The topological polar surface area (TPSA) is 69.2 Å². The second kappa shape index (κ2) is 6.41. The fourth-order valence-corrected chi connectivity index (χ4v) is 3.17. The maximum Gasteiger partial charge on any atom is 0.148 e. The molecule has 1 aromatic rings. The molecule has 0 amide bonds. The molecule has 1 atom stereocenters. The van der Waals surface area contributed by atoms with E-state index < -0.39 is 0 Å². The van der Waals surface area contributed by atoms with Gasteiger partial charge in [-0.05, 0) is 25.6 Å². The largest absolute Gasteiger partial charge is 0.384 e. The molecule has 0 saturated carbocycles. The molecule has 1 fully saturated rings. The van der Waals surface area contributed by atoms with E-state index in [1.165, 1.54) is 0 Å². The molecule has 5 nitrogen and oxygen atoms in total. The summed E-state index contributed by atoms with van der Waals surface area (Å²) in [5.41, 5.74) is 6.10. The number of halogens is 1. The van der Waals surface area contributed by atoms with Gasteiger partial charge in [0.05, 0.1) is 5.02 Å². The normalized spacial score (nSPS) is 18.8. The summed E-state index contributed by atoms with van der Waals surface area (Å²) in [5, 5.41) is 8.04. The van der Waals surface area contributed by atoms with Crippen molar-refractivity contribution in [2.24, 2.45) is 5.73 Å². The molecule has 2 rings (SSSR count). The van der Waals surface area contributed by atoms with Crippen molar-refractivity contribution in [1.82, 2.24) is 9.88 Å². The highest BCUT2D eigenvalue weighted by atomic mass is 35.5. The van der Waals surface area contributed by atoms with E-state index >= 15 is 0 Å². The number of nitrogens with two attached hydrogens (primary N) is 1. The second-order valence-corrected chi connectivity index (χ2v) is 5.40. The predicted molar refractivity (Wildman–Crippen MR) is 83.8 cm³/mol. The van der Waals surface area contributed by atoms with Crippen LogP contribution in [0.3, 0.4) is 0 Å². The first-order chi connectivity index (χ1) is 9.58. The van der Waals surface area contributed by atoms with Gasteiger partial charge in [0, 0.05) is 30.9 Å². The number of hydrogen-bond donors (Lipinski definition) is 2. The van der Waals surface area contributed by atoms with Gasteiger partial charge in [-0.15, -0.1) is 0 Å². The lowest BCUT2D eigenvalue weighted by Gasteiger charge is -2.26. The Balaban J connectivity index is 2.18. The Morgan fingerprint density at radius 1 is 1.55 bits per heavy atom. The summed E-state index contributed by atoms with van der Waals surface area (Å²) >= 11 is 6.34. The van der Waals surface area contributed by atoms with Gasteiger partial charge < -0.3 is 10.6 Å². The Morgan fingerprint density at radius 3 is 2.85 bits per heavy atom.